The second-order valence-corrected chi connectivity index (χ2v) is 4.76. The van der Waals surface area contributed by atoms with Crippen LogP contribution in [0.4, 0.5) is 4.39 Å². The van der Waals surface area contributed by atoms with Gasteiger partial charge >= 0.3 is 0 Å². The van der Waals surface area contributed by atoms with Crippen LogP contribution in [0.5, 0.6) is 0 Å². The normalized spacial score (nSPS) is 19.8. The zero-order chi connectivity index (χ0) is 12.1. The smallest absolute Gasteiger partial charge is 0.141 e. The molecule has 4 heteroatoms. The van der Waals surface area contributed by atoms with Crippen molar-refractivity contribution in [3.05, 3.63) is 34.6 Å². The molecule has 17 heavy (non-hydrogen) atoms. The maximum absolute atomic E-state index is 12.9. The van der Waals surface area contributed by atoms with Crippen LogP contribution >= 0.6 is 11.6 Å². The minimum Gasteiger partial charge on any atom is -0.378 e. The fraction of sp³-hybridized carbons (Fsp3) is 0.538. The Bertz CT molecular complexity index is 366. The van der Waals surface area contributed by atoms with Gasteiger partial charge in [0.15, 0.2) is 0 Å². The summed E-state index contributed by atoms with van der Waals surface area (Å²) in [4.78, 5) is 0. The second kappa shape index (κ2) is 6.34. The van der Waals surface area contributed by atoms with Gasteiger partial charge in [0, 0.05) is 13.2 Å². The van der Waals surface area contributed by atoms with Crippen LogP contribution in [-0.2, 0) is 11.3 Å². The van der Waals surface area contributed by atoms with E-state index in [0.29, 0.717) is 12.6 Å². The van der Waals surface area contributed by atoms with Crippen LogP contribution < -0.4 is 5.32 Å². The molecular formula is C13H17ClFNO. The lowest BCUT2D eigenvalue weighted by Crippen LogP contribution is -2.19. The zero-order valence-corrected chi connectivity index (χ0v) is 10.5. The first kappa shape index (κ1) is 12.8. The van der Waals surface area contributed by atoms with Crippen molar-refractivity contribution in [3.63, 3.8) is 0 Å². The predicted molar refractivity (Wildman–Crippen MR) is 66.7 cm³/mol. The maximum Gasteiger partial charge on any atom is 0.141 e. The average molecular weight is 258 g/mol. The topological polar surface area (TPSA) is 21.3 Å². The predicted octanol–water partition coefficient (Wildman–Crippen LogP) is 3.14. The number of nitrogens with one attached hydrogen (secondary N) is 1. The molecule has 0 saturated carbocycles. The number of ether oxygens (including phenoxy) is 1. The molecule has 0 aliphatic carbocycles. The lowest BCUT2D eigenvalue weighted by molar-refractivity contribution is 0.104. The lowest BCUT2D eigenvalue weighted by atomic mass is 10.2. The molecule has 0 aromatic heterocycles. The van der Waals surface area contributed by atoms with Crippen LogP contribution in [-0.4, -0.2) is 19.3 Å². The molecular weight excluding hydrogens is 241 g/mol. The van der Waals surface area contributed by atoms with Crippen LogP contribution in [0.1, 0.15) is 24.8 Å². The van der Waals surface area contributed by atoms with E-state index in [1.165, 1.54) is 18.9 Å². The molecule has 1 aliphatic rings. The highest BCUT2D eigenvalue weighted by atomic mass is 35.5. The summed E-state index contributed by atoms with van der Waals surface area (Å²) in [5, 5.41) is 3.50. The molecule has 2 nitrogen and oxygen atoms in total. The highest BCUT2D eigenvalue weighted by molar-refractivity contribution is 6.30. The Morgan fingerprint density at radius 2 is 2.35 bits per heavy atom. The van der Waals surface area contributed by atoms with E-state index in [9.17, 15) is 4.39 Å². The van der Waals surface area contributed by atoms with Gasteiger partial charge in [0.05, 0.1) is 11.1 Å². The van der Waals surface area contributed by atoms with Crippen LogP contribution in [0.2, 0.25) is 5.02 Å². The third-order valence-electron chi connectivity index (χ3n) is 2.98. The zero-order valence-electron chi connectivity index (χ0n) is 9.72. The van der Waals surface area contributed by atoms with Crippen LogP contribution in [0.15, 0.2) is 18.2 Å². The standard InChI is InChI=1S/C13H17ClFNO/c14-12-8-10(3-4-13(12)15)9-16-6-5-11-2-1-7-17-11/h3-4,8,11,16H,1-2,5-7,9H2. The van der Waals surface area contributed by atoms with Crippen molar-refractivity contribution in [2.24, 2.45) is 0 Å². The van der Waals surface area contributed by atoms with Crippen molar-refractivity contribution in [1.82, 2.24) is 5.32 Å². The summed E-state index contributed by atoms with van der Waals surface area (Å²) in [5.74, 6) is -0.366. The van der Waals surface area contributed by atoms with Gasteiger partial charge in [0.2, 0.25) is 0 Å². The molecule has 0 amide bonds. The number of benzene rings is 1. The Morgan fingerprint density at radius 1 is 1.47 bits per heavy atom. The highest BCUT2D eigenvalue weighted by Gasteiger charge is 2.14. The van der Waals surface area contributed by atoms with Crippen LogP contribution in [0.25, 0.3) is 0 Å². The summed E-state index contributed by atoms with van der Waals surface area (Å²) < 4.78 is 18.5. The van der Waals surface area contributed by atoms with E-state index in [4.69, 9.17) is 16.3 Å². The summed E-state index contributed by atoms with van der Waals surface area (Å²) in [7, 11) is 0. The summed E-state index contributed by atoms with van der Waals surface area (Å²) in [6, 6.07) is 4.82. The first-order valence-electron chi connectivity index (χ1n) is 6.02. The van der Waals surface area contributed by atoms with Gasteiger partial charge in [-0.3, -0.25) is 0 Å². The summed E-state index contributed by atoms with van der Waals surface area (Å²) in [6.07, 6.45) is 3.80. The highest BCUT2D eigenvalue weighted by Crippen LogP contribution is 2.16. The quantitative estimate of drug-likeness (QED) is 0.819. The van der Waals surface area contributed by atoms with Crippen molar-refractivity contribution >= 4 is 11.6 Å². The van der Waals surface area contributed by atoms with Crippen molar-refractivity contribution < 1.29 is 9.13 Å². The summed E-state index contributed by atoms with van der Waals surface area (Å²) in [5.41, 5.74) is 1.00. The molecule has 1 N–H and O–H groups in total. The van der Waals surface area contributed by atoms with Crippen molar-refractivity contribution in [2.45, 2.75) is 31.9 Å². The van der Waals surface area contributed by atoms with E-state index in [-0.39, 0.29) is 10.8 Å². The number of hydrogen-bond donors (Lipinski definition) is 1. The first-order chi connectivity index (χ1) is 8.25. The van der Waals surface area contributed by atoms with Crippen LogP contribution in [0.3, 0.4) is 0 Å². The second-order valence-electron chi connectivity index (χ2n) is 4.35. The van der Waals surface area contributed by atoms with Gasteiger partial charge in [-0.1, -0.05) is 17.7 Å². The van der Waals surface area contributed by atoms with Crippen molar-refractivity contribution in [1.29, 1.82) is 0 Å². The SMILES string of the molecule is Fc1ccc(CNCCC2CCCO2)cc1Cl. The molecule has 0 bridgehead atoms. The van der Waals surface area contributed by atoms with E-state index in [1.54, 1.807) is 12.1 Å². The summed E-state index contributed by atoms with van der Waals surface area (Å²) >= 11 is 5.71. The summed E-state index contributed by atoms with van der Waals surface area (Å²) in [6.45, 7) is 2.53. The van der Waals surface area contributed by atoms with E-state index < -0.39 is 0 Å². The molecule has 1 heterocycles. The molecule has 1 atom stereocenters. The van der Waals surface area contributed by atoms with Gasteiger partial charge in [-0.25, -0.2) is 4.39 Å². The molecule has 1 saturated heterocycles. The van der Waals surface area contributed by atoms with Gasteiger partial charge in [-0.2, -0.15) is 0 Å². The largest absolute Gasteiger partial charge is 0.378 e. The number of halogens is 2. The minimum absolute atomic E-state index is 0.184. The Kier molecular flexibility index (Phi) is 4.77. The Hall–Kier alpha value is -0.640. The van der Waals surface area contributed by atoms with Gasteiger partial charge < -0.3 is 10.1 Å². The molecule has 94 valence electrons. The Labute approximate surface area is 106 Å². The molecule has 1 fully saturated rings. The molecule has 1 aromatic carbocycles. The van der Waals surface area contributed by atoms with Gasteiger partial charge in [0.1, 0.15) is 5.82 Å². The lowest BCUT2D eigenvalue weighted by Gasteiger charge is -2.10. The fourth-order valence-electron chi connectivity index (χ4n) is 2.02. The van der Waals surface area contributed by atoms with Crippen molar-refractivity contribution in [2.75, 3.05) is 13.2 Å². The molecule has 0 spiro atoms. The molecule has 1 aromatic rings. The van der Waals surface area contributed by atoms with Gasteiger partial charge in [0.25, 0.3) is 0 Å². The van der Waals surface area contributed by atoms with E-state index in [0.717, 1.165) is 25.1 Å². The molecule has 2 rings (SSSR count). The van der Waals surface area contributed by atoms with Crippen LogP contribution in [0, 0.1) is 5.82 Å². The third-order valence-corrected chi connectivity index (χ3v) is 3.27. The van der Waals surface area contributed by atoms with E-state index in [1.807, 2.05) is 0 Å². The van der Waals surface area contributed by atoms with E-state index >= 15 is 0 Å². The monoisotopic (exact) mass is 257 g/mol. The Morgan fingerprint density at radius 3 is 3.06 bits per heavy atom. The molecule has 1 unspecified atom stereocenters. The molecule has 0 radical (unpaired) electrons. The fourth-order valence-corrected chi connectivity index (χ4v) is 2.22. The minimum atomic E-state index is -0.366. The van der Waals surface area contributed by atoms with Crippen molar-refractivity contribution in [3.8, 4) is 0 Å². The Balaban J connectivity index is 1.68. The first-order valence-corrected chi connectivity index (χ1v) is 6.40. The van der Waals surface area contributed by atoms with Gasteiger partial charge in [-0.05, 0) is 43.5 Å². The number of rotatable bonds is 5. The average Bonchev–Trinajstić information content (AvgIpc) is 2.82. The third kappa shape index (κ3) is 3.95. The number of hydrogen-bond acceptors (Lipinski definition) is 2. The maximum atomic E-state index is 12.9. The molecule has 1 aliphatic heterocycles. The van der Waals surface area contributed by atoms with E-state index in [2.05, 4.69) is 5.32 Å². The van der Waals surface area contributed by atoms with Gasteiger partial charge in [-0.15, -0.1) is 0 Å².